The number of benzene rings is 1. The van der Waals surface area contributed by atoms with Crippen LogP contribution < -0.4 is 16.4 Å². The van der Waals surface area contributed by atoms with Crippen molar-refractivity contribution in [3.63, 3.8) is 0 Å². The zero-order valence-corrected chi connectivity index (χ0v) is 14.2. The number of carbonyl (C=O) groups is 2. The second-order valence-corrected chi connectivity index (χ2v) is 7.13. The summed E-state index contributed by atoms with van der Waals surface area (Å²) in [6.45, 7) is 0. The maximum absolute atomic E-state index is 12.5. The van der Waals surface area contributed by atoms with E-state index in [1.54, 1.807) is 35.6 Å². The molecule has 0 radical (unpaired) electrons. The number of anilines is 2. The van der Waals surface area contributed by atoms with Crippen LogP contribution in [0.5, 0.6) is 0 Å². The van der Waals surface area contributed by atoms with Crippen molar-refractivity contribution in [2.45, 2.75) is 38.5 Å². The summed E-state index contributed by atoms with van der Waals surface area (Å²) in [6, 6.07) is 8.33. The molecule has 3 amide bonds. The van der Waals surface area contributed by atoms with E-state index in [0.29, 0.717) is 11.4 Å². The molecule has 4 N–H and O–H groups in total. The molecule has 0 saturated carbocycles. The normalized spacial score (nSPS) is 14.2. The largest absolute Gasteiger partial charge is 0.351 e. The molecule has 0 bridgehead atoms. The highest BCUT2D eigenvalue weighted by atomic mass is 32.1. The Morgan fingerprint density at radius 1 is 0.917 bits per heavy atom. The van der Waals surface area contributed by atoms with Gasteiger partial charge in [0.1, 0.15) is 0 Å². The third-order valence-electron chi connectivity index (χ3n) is 4.13. The third kappa shape index (κ3) is 4.14. The van der Waals surface area contributed by atoms with Crippen molar-refractivity contribution < 1.29 is 9.59 Å². The van der Waals surface area contributed by atoms with Crippen molar-refractivity contribution in [1.29, 1.82) is 0 Å². The van der Waals surface area contributed by atoms with E-state index in [1.165, 1.54) is 36.1 Å². The van der Waals surface area contributed by atoms with Crippen LogP contribution >= 0.6 is 11.3 Å². The van der Waals surface area contributed by atoms with Gasteiger partial charge in [-0.25, -0.2) is 4.79 Å². The maximum atomic E-state index is 12.5. The molecule has 0 fully saturated rings. The predicted molar refractivity (Wildman–Crippen MR) is 97.8 cm³/mol. The molecule has 0 saturated heterocycles. The van der Waals surface area contributed by atoms with Gasteiger partial charge in [0.25, 0.3) is 5.91 Å². The number of thiophene rings is 1. The molecule has 24 heavy (non-hydrogen) atoms. The van der Waals surface area contributed by atoms with E-state index in [1.807, 2.05) is 6.07 Å². The van der Waals surface area contributed by atoms with Gasteiger partial charge in [-0.15, -0.1) is 11.3 Å². The number of rotatable bonds is 3. The number of amides is 3. The first-order valence-corrected chi connectivity index (χ1v) is 9.03. The average molecular weight is 343 g/mol. The van der Waals surface area contributed by atoms with E-state index >= 15 is 0 Å². The van der Waals surface area contributed by atoms with Crippen molar-refractivity contribution >= 4 is 34.6 Å². The lowest BCUT2D eigenvalue weighted by molar-refractivity contribution is 0.103. The molecule has 0 aliphatic heterocycles. The highest BCUT2D eigenvalue weighted by Gasteiger charge is 2.16. The summed E-state index contributed by atoms with van der Waals surface area (Å²) in [7, 11) is 0. The highest BCUT2D eigenvalue weighted by molar-refractivity contribution is 7.14. The molecule has 2 aromatic rings. The molecular formula is C18H21N3O2S. The Bertz CT molecular complexity index is 712. The molecular weight excluding hydrogens is 322 g/mol. The van der Waals surface area contributed by atoms with E-state index < -0.39 is 6.03 Å². The standard InChI is InChI=1S/C18H21N3O2S/c19-18(23)21-14-9-7-13(8-10-14)20-17(22)16-11-12-5-3-1-2-4-6-15(12)24-16/h7-11H,1-6H2,(H,20,22)(H3,19,21,23). The van der Waals surface area contributed by atoms with Gasteiger partial charge in [0.05, 0.1) is 4.88 Å². The fourth-order valence-corrected chi connectivity index (χ4v) is 4.08. The van der Waals surface area contributed by atoms with Crippen LogP contribution in [-0.2, 0) is 12.8 Å². The molecule has 1 aromatic carbocycles. The first kappa shape index (κ1) is 16.5. The number of hydrogen-bond donors (Lipinski definition) is 3. The van der Waals surface area contributed by atoms with E-state index in [-0.39, 0.29) is 5.91 Å². The van der Waals surface area contributed by atoms with Gasteiger partial charge in [0.15, 0.2) is 0 Å². The van der Waals surface area contributed by atoms with Gasteiger partial charge in [-0.2, -0.15) is 0 Å². The fourth-order valence-electron chi connectivity index (χ4n) is 2.93. The molecule has 126 valence electrons. The minimum atomic E-state index is -0.609. The van der Waals surface area contributed by atoms with E-state index in [2.05, 4.69) is 10.6 Å². The quantitative estimate of drug-likeness (QED) is 0.782. The summed E-state index contributed by atoms with van der Waals surface area (Å²) in [6.07, 6.45) is 7.14. The van der Waals surface area contributed by atoms with Gasteiger partial charge in [0, 0.05) is 16.3 Å². The van der Waals surface area contributed by atoms with Crippen LogP contribution in [0.4, 0.5) is 16.2 Å². The Balaban J connectivity index is 1.68. The summed E-state index contributed by atoms with van der Waals surface area (Å²) in [4.78, 5) is 25.4. The topological polar surface area (TPSA) is 84.2 Å². The molecule has 0 spiro atoms. The summed E-state index contributed by atoms with van der Waals surface area (Å²) < 4.78 is 0. The van der Waals surface area contributed by atoms with Crippen molar-refractivity contribution in [3.05, 3.63) is 45.6 Å². The van der Waals surface area contributed by atoms with Gasteiger partial charge in [0.2, 0.25) is 0 Å². The molecule has 1 heterocycles. The number of aryl methyl sites for hydroxylation is 2. The number of nitrogens with two attached hydrogens (primary N) is 1. The van der Waals surface area contributed by atoms with E-state index in [4.69, 9.17) is 5.73 Å². The SMILES string of the molecule is NC(=O)Nc1ccc(NC(=O)c2cc3c(s2)CCCCCC3)cc1. The van der Waals surface area contributed by atoms with E-state index in [9.17, 15) is 9.59 Å². The van der Waals surface area contributed by atoms with Crippen molar-refractivity contribution in [2.24, 2.45) is 5.73 Å². The molecule has 1 aliphatic rings. The number of hydrogen-bond acceptors (Lipinski definition) is 3. The van der Waals surface area contributed by atoms with Crippen LogP contribution in [0.1, 0.15) is 45.8 Å². The summed E-state index contributed by atoms with van der Waals surface area (Å²) in [5, 5.41) is 5.40. The Kier molecular flexibility index (Phi) is 5.15. The first-order valence-electron chi connectivity index (χ1n) is 8.21. The number of carbonyl (C=O) groups excluding carboxylic acids is 2. The van der Waals surface area contributed by atoms with Crippen LogP contribution in [0.25, 0.3) is 0 Å². The number of fused-ring (bicyclic) bond motifs is 1. The average Bonchev–Trinajstić information content (AvgIpc) is 2.91. The second-order valence-electron chi connectivity index (χ2n) is 5.99. The monoisotopic (exact) mass is 343 g/mol. The van der Waals surface area contributed by atoms with Crippen molar-refractivity contribution in [2.75, 3.05) is 10.6 Å². The lowest BCUT2D eigenvalue weighted by Gasteiger charge is -2.07. The number of nitrogens with one attached hydrogen (secondary N) is 2. The Morgan fingerprint density at radius 3 is 2.21 bits per heavy atom. The van der Waals surface area contributed by atoms with Crippen molar-refractivity contribution in [3.8, 4) is 0 Å². The molecule has 1 aromatic heterocycles. The fraction of sp³-hybridized carbons (Fsp3) is 0.333. The predicted octanol–water partition coefficient (Wildman–Crippen LogP) is 4.15. The van der Waals surface area contributed by atoms with Crippen LogP contribution in [-0.4, -0.2) is 11.9 Å². The van der Waals surface area contributed by atoms with Gasteiger partial charge in [-0.05, 0) is 61.6 Å². The summed E-state index contributed by atoms with van der Waals surface area (Å²) in [5.74, 6) is -0.0812. The first-order chi connectivity index (χ1) is 11.6. The number of primary amides is 1. The minimum Gasteiger partial charge on any atom is -0.351 e. The van der Waals surface area contributed by atoms with Gasteiger partial charge in [-0.1, -0.05) is 12.8 Å². The molecule has 3 rings (SSSR count). The van der Waals surface area contributed by atoms with Crippen LogP contribution in [0.3, 0.4) is 0 Å². The van der Waals surface area contributed by atoms with Gasteiger partial charge in [-0.3, -0.25) is 4.79 Å². The molecule has 0 unspecified atom stereocenters. The zero-order valence-electron chi connectivity index (χ0n) is 13.4. The highest BCUT2D eigenvalue weighted by Crippen LogP contribution is 2.29. The minimum absolute atomic E-state index is 0.0812. The van der Waals surface area contributed by atoms with Crippen LogP contribution in [0.2, 0.25) is 0 Å². The Hall–Kier alpha value is -2.34. The summed E-state index contributed by atoms with van der Waals surface area (Å²) in [5.41, 5.74) is 7.70. The van der Waals surface area contributed by atoms with Gasteiger partial charge < -0.3 is 16.4 Å². The second kappa shape index (κ2) is 7.49. The lowest BCUT2D eigenvalue weighted by atomic mass is 10.00. The smallest absolute Gasteiger partial charge is 0.316 e. The zero-order chi connectivity index (χ0) is 16.9. The molecule has 6 heteroatoms. The Morgan fingerprint density at radius 2 is 1.54 bits per heavy atom. The van der Waals surface area contributed by atoms with Crippen molar-refractivity contribution in [1.82, 2.24) is 0 Å². The third-order valence-corrected chi connectivity index (χ3v) is 5.37. The summed E-state index contributed by atoms with van der Waals surface area (Å²) >= 11 is 1.61. The molecule has 1 aliphatic carbocycles. The number of urea groups is 1. The maximum Gasteiger partial charge on any atom is 0.316 e. The lowest BCUT2D eigenvalue weighted by Crippen LogP contribution is -2.19. The Labute approximate surface area is 145 Å². The van der Waals surface area contributed by atoms with Gasteiger partial charge >= 0.3 is 6.03 Å². The van der Waals surface area contributed by atoms with Crippen LogP contribution in [0.15, 0.2) is 30.3 Å². The molecule has 5 nitrogen and oxygen atoms in total. The molecule has 0 atom stereocenters. The van der Waals surface area contributed by atoms with Crippen LogP contribution in [0, 0.1) is 0 Å². The van der Waals surface area contributed by atoms with E-state index in [0.717, 1.165) is 17.7 Å².